The Balaban J connectivity index is 1.57. The van der Waals surface area contributed by atoms with Gasteiger partial charge in [-0.15, -0.1) is 0 Å². The molecule has 0 unspecified atom stereocenters. The van der Waals surface area contributed by atoms with Crippen molar-refractivity contribution in [3.8, 4) is 0 Å². The SMILES string of the molecule is c1ccc(CONC2c3ccccc3Sc3ccccc32)cc1. The third-order valence-corrected chi connectivity index (χ3v) is 5.15. The first kappa shape index (κ1) is 14.5. The van der Waals surface area contributed by atoms with Crippen LogP contribution in [-0.4, -0.2) is 0 Å². The van der Waals surface area contributed by atoms with E-state index >= 15 is 0 Å². The summed E-state index contributed by atoms with van der Waals surface area (Å²) in [6.45, 7) is 0.550. The molecule has 0 saturated carbocycles. The van der Waals surface area contributed by atoms with Gasteiger partial charge in [-0.1, -0.05) is 78.5 Å². The zero-order valence-electron chi connectivity index (χ0n) is 12.6. The predicted molar refractivity (Wildman–Crippen MR) is 93.2 cm³/mol. The summed E-state index contributed by atoms with van der Waals surface area (Å²) in [5, 5.41) is 0. The first-order valence-corrected chi connectivity index (χ1v) is 8.50. The topological polar surface area (TPSA) is 21.3 Å². The summed E-state index contributed by atoms with van der Waals surface area (Å²) >= 11 is 1.82. The van der Waals surface area contributed by atoms with Gasteiger partial charge in [-0.05, 0) is 28.8 Å². The fraction of sp³-hybridized carbons (Fsp3) is 0.100. The lowest BCUT2D eigenvalue weighted by Crippen LogP contribution is -2.25. The van der Waals surface area contributed by atoms with Crippen molar-refractivity contribution in [3.05, 3.63) is 95.6 Å². The minimum Gasteiger partial charge on any atom is -0.296 e. The molecule has 23 heavy (non-hydrogen) atoms. The van der Waals surface area contributed by atoms with E-state index in [1.165, 1.54) is 20.9 Å². The molecule has 0 bridgehead atoms. The fourth-order valence-corrected chi connectivity index (χ4v) is 3.96. The Labute approximate surface area is 140 Å². The Kier molecular flexibility index (Phi) is 4.16. The van der Waals surface area contributed by atoms with E-state index in [0.717, 1.165) is 5.56 Å². The van der Waals surface area contributed by atoms with E-state index in [-0.39, 0.29) is 6.04 Å². The van der Waals surface area contributed by atoms with Crippen molar-refractivity contribution in [3.63, 3.8) is 0 Å². The Hall–Kier alpha value is -2.07. The number of hydrogen-bond donors (Lipinski definition) is 1. The summed E-state index contributed by atoms with van der Waals surface area (Å²) in [4.78, 5) is 8.38. The summed E-state index contributed by atoms with van der Waals surface area (Å²) in [7, 11) is 0. The van der Waals surface area contributed by atoms with Crippen LogP contribution in [0.2, 0.25) is 0 Å². The Morgan fingerprint density at radius 3 is 1.96 bits per heavy atom. The number of fused-ring (bicyclic) bond motifs is 2. The van der Waals surface area contributed by atoms with Gasteiger partial charge in [-0.25, -0.2) is 0 Å². The molecule has 1 aliphatic rings. The van der Waals surface area contributed by atoms with Crippen molar-refractivity contribution >= 4 is 11.8 Å². The molecule has 1 aliphatic heterocycles. The molecular weight excluding hydrogens is 302 g/mol. The first-order valence-electron chi connectivity index (χ1n) is 7.69. The van der Waals surface area contributed by atoms with Crippen LogP contribution >= 0.6 is 11.8 Å². The molecule has 4 rings (SSSR count). The average molecular weight is 319 g/mol. The smallest absolute Gasteiger partial charge is 0.0933 e. The molecule has 114 valence electrons. The van der Waals surface area contributed by atoms with Gasteiger partial charge in [0.25, 0.3) is 0 Å². The Bertz CT molecular complexity index is 758. The van der Waals surface area contributed by atoms with Crippen LogP contribution in [0, 0.1) is 0 Å². The van der Waals surface area contributed by atoms with Gasteiger partial charge in [0.1, 0.15) is 0 Å². The van der Waals surface area contributed by atoms with Crippen molar-refractivity contribution in [1.29, 1.82) is 0 Å². The van der Waals surface area contributed by atoms with Crippen LogP contribution < -0.4 is 5.48 Å². The summed E-state index contributed by atoms with van der Waals surface area (Å²) < 4.78 is 0. The van der Waals surface area contributed by atoms with Gasteiger partial charge >= 0.3 is 0 Å². The van der Waals surface area contributed by atoms with Crippen molar-refractivity contribution in [2.75, 3.05) is 0 Å². The van der Waals surface area contributed by atoms with E-state index in [2.05, 4.69) is 66.1 Å². The highest BCUT2D eigenvalue weighted by Crippen LogP contribution is 2.44. The van der Waals surface area contributed by atoms with Crippen LogP contribution in [0.1, 0.15) is 22.7 Å². The van der Waals surface area contributed by atoms with Gasteiger partial charge in [0.2, 0.25) is 0 Å². The largest absolute Gasteiger partial charge is 0.296 e. The molecule has 3 heteroatoms. The highest BCUT2D eigenvalue weighted by atomic mass is 32.2. The highest BCUT2D eigenvalue weighted by molar-refractivity contribution is 7.99. The quantitative estimate of drug-likeness (QED) is 0.687. The summed E-state index contributed by atoms with van der Waals surface area (Å²) in [5.41, 5.74) is 6.96. The van der Waals surface area contributed by atoms with Gasteiger partial charge in [-0.3, -0.25) is 4.84 Å². The van der Waals surface area contributed by atoms with Crippen molar-refractivity contribution in [1.82, 2.24) is 5.48 Å². The molecule has 0 aliphatic carbocycles. The molecule has 2 nitrogen and oxygen atoms in total. The molecule has 0 saturated heterocycles. The lowest BCUT2D eigenvalue weighted by molar-refractivity contribution is 0.0104. The minimum absolute atomic E-state index is 0.0624. The molecule has 0 atom stereocenters. The minimum atomic E-state index is 0.0624. The maximum Gasteiger partial charge on any atom is 0.0933 e. The number of benzene rings is 3. The molecule has 0 fully saturated rings. The summed E-state index contributed by atoms with van der Waals surface area (Å²) in [6, 6.07) is 27.3. The zero-order valence-corrected chi connectivity index (χ0v) is 13.4. The van der Waals surface area contributed by atoms with Crippen LogP contribution in [0.5, 0.6) is 0 Å². The lowest BCUT2D eigenvalue weighted by atomic mass is 9.99. The fourth-order valence-electron chi connectivity index (χ4n) is 2.82. The van der Waals surface area contributed by atoms with Crippen LogP contribution in [-0.2, 0) is 11.4 Å². The highest BCUT2D eigenvalue weighted by Gasteiger charge is 2.25. The Morgan fingerprint density at radius 1 is 0.739 bits per heavy atom. The van der Waals surface area contributed by atoms with Crippen LogP contribution in [0.4, 0.5) is 0 Å². The predicted octanol–water partition coefficient (Wildman–Crippen LogP) is 4.96. The second-order valence-corrected chi connectivity index (χ2v) is 6.59. The van der Waals surface area contributed by atoms with E-state index in [4.69, 9.17) is 4.84 Å². The second-order valence-electron chi connectivity index (χ2n) is 5.50. The molecule has 0 radical (unpaired) electrons. The van der Waals surface area contributed by atoms with E-state index in [9.17, 15) is 0 Å². The van der Waals surface area contributed by atoms with Crippen LogP contribution in [0.25, 0.3) is 0 Å². The maximum atomic E-state index is 5.81. The maximum absolute atomic E-state index is 5.81. The molecule has 0 aromatic heterocycles. The molecule has 3 aromatic rings. The lowest BCUT2D eigenvalue weighted by Gasteiger charge is -2.28. The van der Waals surface area contributed by atoms with Gasteiger partial charge < -0.3 is 0 Å². The van der Waals surface area contributed by atoms with Gasteiger partial charge in [0, 0.05) is 9.79 Å². The van der Waals surface area contributed by atoms with E-state index < -0.39 is 0 Å². The van der Waals surface area contributed by atoms with E-state index in [1.54, 1.807) is 0 Å². The average Bonchev–Trinajstić information content (AvgIpc) is 2.62. The number of hydroxylamine groups is 1. The number of nitrogens with one attached hydrogen (secondary N) is 1. The summed E-state index contributed by atoms with van der Waals surface area (Å²) in [6.07, 6.45) is 0. The third-order valence-electron chi connectivity index (χ3n) is 3.96. The molecule has 0 amide bonds. The van der Waals surface area contributed by atoms with E-state index in [1.807, 2.05) is 30.0 Å². The third kappa shape index (κ3) is 3.04. The van der Waals surface area contributed by atoms with Crippen molar-refractivity contribution in [2.45, 2.75) is 22.4 Å². The molecule has 3 aromatic carbocycles. The number of rotatable bonds is 4. The molecule has 1 heterocycles. The van der Waals surface area contributed by atoms with Gasteiger partial charge in [-0.2, -0.15) is 5.48 Å². The normalized spacial score (nSPS) is 13.4. The van der Waals surface area contributed by atoms with Gasteiger partial charge in [0.15, 0.2) is 0 Å². The second kappa shape index (κ2) is 6.59. The Morgan fingerprint density at radius 2 is 1.30 bits per heavy atom. The van der Waals surface area contributed by atoms with Crippen molar-refractivity contribution < 1.29 is 4.84 Å². The zero-order chi connectivity index (χ0) is 15.5. The van der Waals surface area contributed by atoms with Gasteiger partial charge in [0.05, 0.1) is 12.6 Å². The summed E-state index contributed by atoms with van der Waals surface area (Å²) in [5.74, 6) is 0. The van der Waals surface area contributed by atoms with Crippen LogP contribution in [0.3, 0.4) is 0 Å². The van der Waals surface area contributed by atoms with Crippen LogP contribution in [0.15, 0.2) is 88.7 Å². The standard InChI is InChI=1S/C20H17NOS/c1-2-8-15(9-3-1)14-22-21-20-16-10-4-6-12-18(16)23-19-13-7-5-11-17(19)20/h1-13,20-21H,14H2. The first-order chi connectivity index (χ1) is 11.4. The molecular formula is C20H17NOS. The monoisotopic (exact) mass is 319 g/mol. The number of hydrogen-bond acceptors (Lipinski definition) is 3. The van der Waals surface area contributed by atoms with Crippen molar-refractivity contribution in [2.24, 2.45) is 0 Å². The van der Waals surface area contributed by atoms with E-state index in [0.29, 0.717) is 6.61 Å². The molecule has 0 spiro atoms. The molecule has 1 N–H and O–H groups in total.